The highest BCUT2D eigenvalue weighted by Crippen LogP contribution is 2.33. The lowest BCUT2D eigenvalue weighted by molar-refractivity contribution is -0.140. The van der Waals surface area contributed by atoms with Crippen molar-refractivity contribution in [3.8, 4) is 0 Å². The topological polar surface area (TPSA) is 41.1 Å². The standard InChI is InChI=1S/C14H16F4N2O/c1-8(20-13(21)12-3-2-6-19-12)9-4-5-11(15)10(7-9)14(16,17)18/h4-5,7-8,12,19H,2-3,6H2,1H3,(H,20,21)/t8-,12-/m1/s1. The first-order valence-corrected chi connectivity index (χ1v) is 6.69. The molecule has 1 aromatic rings. The average Bonchev–Trinajstić information content (AvgIpc) is 2.91. The van der Waals surface area contributed by atoms with Crippen LogP contribution in [0.2, 0.25) is 0 Å². The molecule has 1 aromatic carbocycles. The van der Waals surface area contributed by atoms with Crippen molar-refractivity contribution in [1.29, 1.82) is 0 Å². The van der Waals surface area contributed by atoms with Gasteiger partial charge >= 0.3 is 6.18 Å². The molecule has 21 heavy (non-hydrogen) atoms. The Bertz CT molecular complexity index is 524. The number of carbonyl (C=O) groups is 1. The predicted octanol–water partition coefficient (Wildman–Crippen LogP) is 2.77. The van der Waals surface area contributed by atoms with Gasteiger partial charge in [-0.1, -0.05) is 6.07 Å². The quantitative estimate of drug-likeness (QED) is 0.843. The van der Waals surface area contributed by atoms with Gasteiger partial charge in [0.05, 0.1) is 17.6 Å². The van der Waals surface area contributed by atoms with Crippen LogP contribution in [0.4, 0.5) is 17.6 Å². The Hall–Kier alpha value is -1.63. The normalized spacial score (nSPS) is 20.3. The van der Waals surface area contributed by atoms with Crippen molar-refractivity contribution in [2.45, 2.75) is 38.0 Å². The molecule has 2 rings (SSSR count). The lowest BCUT2D eigenvalue weighted by atomic mass is 10.0. The van der Waals surface area contributed by atoms with E-state index >= 15 is 0 Å². The smallest absolute Gasteiger partial charge is 0.348 e. The third-order valence-electron chi connectivity index (χ3n) is 3.53. The second-order valence-electron chi connectivity index (χ2n) is 5.12. The molecule has 0 radical (unpaired) electrons. The van der Waals surface area contributed by atoms with E-state index in [4.69, 9.17) is 0 Å². The van der Waals surface area contributed by atoms with Gasteiger partial charge in [0.25, 0.3) is 0 Å². The largest absolute Gasteiger partial charge is 0.419 e. The summed E-state index contributed by atoms with van der Waals surface area (Å²) in [6, 6.07) is 1.82. The summed E-state index contributed by atoms with van der Waals surface area (Å²) in [5.41, 5.74) is -1.10. The molecule has 0 aliphatic carbocycles. The van der Waals surface area contributed by atoms with Crippen LogP contribution in [0.25, 0.3) is 0 Å². The number of alkyl halides is 3. The molecule has 0 saturated carbocycles. The fourth-order valence-electron chi connectivity index (χ4n) is 2.34. The summed E-state index contributed by atoms with van der Waals surface area (Å²) in [5.74, 6) is -1.57. The van der Waals surface area contributed by atoms with Crippen LogP contribution in [-0.2, 0) is 11.0 Å². The number of halogens is 4. The van der Waals surface area contributed by atoms with Crippen LogP contribution in [0.15, 0.2) is 18.2 Å². The fourth-order valence-corrected chi connectivity index (χ4v) is 2.34. The molecule has 1 fully saturated rings. The van der Waals surface area contributed by atoms with Crippen molar-refractivity contribution in [1.82, 2.24) is 10.6 Å². The molecule has 2 N–H and O–H groups in total. The van der Waals surface area contributed by atoms with Crippen molar-refractivity contribution in [2.24, 2.45) is 0 Å². The van der Waals surface area contributed by atoms with Gasteiger partial charge in [0.1, 0.15) is 5.82 Å². The second kappa shape index (κ2) is 6.01. The lowest BCUT2D eigenvalue weighted by Crippen LogP contribution is -2.41. The molecule has 0 unspecified atom stereocenters. The number of rotatable bonds is 3. The van der Waals surface area contributed by atoms with Crippen LogP contribution in [-0.4, -0.2) is 18.5 Å². The Morgan fingerprint density at radius 3 is 2.71 bits per heavy atom. The molecular formula is C14H16F4N2O. The van der Waals surface area contributed by atoms with Gasteiger partial charge < -0.3 is 10.6 Å². The van der Waals surface area contributed by atoms with E-state index in [1.807, 2.05) is 0 Å². The zero-order valence-corrected chi connectivity index (χ0v) is 11.4. The maximum atomic E-state index is 13.2. The van der Waals surface area contributed by atoms with Crippen LogP contribution in [0, 0.1) is 5.82 Å². The minimum absolute atomic E-state index is 0.218. The van der Waals surface area contributed by atoms with Gasteiger partial charge in [0.2, 0.25) is 5.91 Å². The first kappa shape index (κ1) is 15.8. The number of benzene rings is 1. The Kier molecular flexibility index (Phi) is 4.51. The van der Waals surface area contributed by atoms with Gasteiger partial charge in [-0.15, -0.1) is 0 Å². The van der Waals surface area contributed by atoms with Crippen LogP contribution >= 0.6 is 0 Å². The number of hydrogen-bond acceptors (Lipinski definition) is 2. The molecule has 0 aromatic heterocycles. The molecule has 3 nitrogen and oxygen atoms in total. The molecule has 7 heteroatoms. The Morgan fingerprint density at radius 2 is 2.14 bits per heavy atom. The van der Waals surface area contributed by atoms with E-state index in [1.165, 1.54) is 6.07 Å². The Morgan fingerprint density at radius 1 is 1.43 bits per heavy atom. The monoisotopic (exact) mass is 304 g/mol. The summed E-state index contributed by atoms with van der Waals surface area (Å²) in [5, 5.41) is 5.65. The number of nitrogens with one attached hydrogen (secondary N) is 2. The van der Waals surface area contributed by atoms with E-state index in [-0.39, 0.29) is 17.5 Å². The summed E-state index contributed by atoms with van der Waals surface area (Å²) in [6.07, 6.45) is -3.16. The molecule has 2 atom stereocenters. The molecule has 0 spiro atoms. The van der Waals surface area contributed by atoms with E-state index in [0.29, 0.717) is 6.42 Å². The lowest BCUT2D eigenvalue weighted by Gasteiger charge is -2.19. The third-order valence-corrected chi connectivity index (χ3v) is 3.53. The zero-order valence-electron chi connectivity index (χ0n) is 11.4. The van der Waals surface area contributed by atoms with Crippen molar-refractivity contribution >= 4 is 5.91 Å². The van der Waals surface area contributed by atoms with E-state index in [9.17, 15) is 22.4 Å². The summed E-state index contributed by atoms with van der Waals surface area (Å²) >= 11 is 0. The number of hydrogen-bond donors (Lipinski definition) is 2. The van der Waals surface area contributed by atoms with E-state index in [0.717, 1.165) is 25.1 Å². The van der Waals surface area contributed by atoms with Crippen LogP contribution < -0.4 is 10.6 Å². The van der Waals surface area contributed by atoms with Crippen molar-refractivity contribution in [3.05, 3.63) is 35.1 Å². The first-order valence-electron chi connectivity index (χ1n) is 6.69. The minimum Gasteiger partial charge on any atom is -0.348 e. The summed E-state index contributed by atoms with van der Waals surface area (Å²) < 4.78 is 51.2. The van der Waals surface area contributed by atoms with Gasteiger partial charge in [0, 0.05) is 0 Å². The van der Waals surface area contributed by atoms with Gasteiger partial charge in [-0.2, -0.15) is 13.2 Å². The fraction of sp³-hybridized carbons (Fsp3) is 0.500. The maximum Gasteiger partial charge on any atom is 0.419 e. The van der Waals surface area contributed by atoms with Crippen molar-refractivity contribution in [2.75, 3.05) is 6.54 Å². The molecule has 1 saturated heterocycles. The average molecular weight is 304 g/mol. The minimum atomic E-state index is -4.75. The van der Waals surface area contributed by atoms with Crippen molar-refractivity contribution in [3.63, 3.8) is 0 Å². The molecular weight excluding hydrogens is 288 g/mol. The Balaban J connectivity index is 2.12. The summed E-state index contributed by atoms with van der Waals surface area (Å²) in [4.78, 5) is 11.9. The highest BCUT2D eigenvalue weighted by molar-refractivity contribution is 5.82. The summed E-state index contributed by atoms with van der Waals surface area (Å²) in [6.45, 7) is 2.32. The van der Waals surface area contributed by atoms with Gasteiger partial charge in [-0.25, -0.2) is 4.39 Å². The first-order chi connectivity index (χ1) is 9.79. The maximum absolute atomic E-state index is 13.2. The SMILES string of the molecule is C[C@@H](NC(=O)[C@H]1CCCN1)c1ccc(F)c(C(F)(F)F)c1. The highest BCUT2D eigenvalue weighted by Gasteiger charge is 2.34. The van der Waals surface area contributed by atoms with Gasteiger partial charge in [0.15, 0.2) is 0 Å². The molecule has 116 valence electrons. The summed E-state index contributed by atoms with van der Waals surface area (Å²) in [7, 11) is 0. The number of amides is 1. The molecule has 1 aliphatic rings. The van der Waals surface area contributed by atoms with Gasteiger partial charge in [-0.3, -0.25) is 4.79 Å². The molecule has 0 bridgehead atoms. The van der Waals surface area contributed by atoms with Crippen molar-refractivity contribution < 1.29 is 22.4 Å². The predicted molar refractivity (Wildman–Crippen MR) is 69.0 cm³/mol. The highest BCUT2D eigenvalue weighted by atomic mass is 19.4. The van der Waals surface area contributed by atoms with E-state index in [2.05, 4.69) is 10.6 Å². The Labute approximate surface area is 119 Å². The third kappa shape index (κ3) is 3.72. The molecule has 1 aliphatic heterocycles. The second-order valence-corrected chi connectivity index (χ2v) is 5.12. The number of carbonyl (C=O) groups excluding carboxylic acids is 1. The van der Waals surface area contributed by atoms with Crippen LogP contribution in [0.1, 0.15) is 36.9 Å². The van der Waals surface area contributed by atoms with Gasteiger partial charge in [-0.05, 0) is 44.0 Å². The molecule has 1 amide bonds. The van der Waals surface area contributed by atoms with Crippen LogP contribution in [0.5, 0.6) is 0 Å². The van der Waals surface area contributed by atoms with Crippen LogP contribution in [0.3, 0.4) is 0 Å². The van der Waals surface area contributed by atoms with E-state index < -0.39 is 23.6 Å². The van der Waals surface area contributed by atoms with E-state index in [1.54, 1.807) is 6.92 Å². The zero-order chi connectivity index (χ0) is 15.6. The molecule has 1 heterocycles.